The molecule has 1 amide bonds. The van der Waals surface area contributed by atoms with Crippen molar-refractivity contribution in [1.29, 1.82) is 0 Å². The van der Waals surface area contributed by atoms with E-state index in [0.717, 1.165) is 15.7 Å². The maximum Gasteiger partial charge on any atom is 0.263 e. The van der Waals surface area contributed by atoms with Gasteiger partial charge in [0.25, 0.3) is 5.91 Å². The maximum absolute atomic E-state index is 11.9. The van der Waals surface area contributed by atoms with E-state index in [1.54, 1.807) is 25.0 Å². The summed E-state index contributed by atoms with van der Waals surface area (Å²) in [5.74, 6) is 0.808. The molecule has 2 aromatic rings. The molecule has 3 N–H and O–H groups in total. The Morgan fingerprint density at radius 2 is 2.33 bits per heavy atom. The normalized spacial score (nSPS) is 10.7. The fourth-order valence-corrected chi connectivity index (χ4v) is 4.10. The first-order valence-corrected chi connectivity index (χ1v) is 8.39. The fraction of sp³-hybridized carbons (Fsp3) is 0.385. The summed E-state index contributed by atoms with van der Waals surface area (Å²) >= 11 is 2.96. The Bertz CT molecular complexity index is 649. The molecule has 2 aromatic heterocycles. The van der Waals surface area contributed by atoms with Gasteiger partial charge in [-0.2, -0.15) is 0 Å². The number of carbonyl (C=O) groups excluding carboxylic acids is 1. The average Bonchev–Trinajstić information content (AvgIpc) is 3.02. The number of thioether (sulfide) groups is 1. The molecular weight excluding hydrogens is 306 g/mol. The van der Waals surface area contributed by atoms with E-state index >= 15 is 0 Å². The molecule has 0 bridgehead atoms. The van der Waals surface area contributed by atoms with Crippen molar-refractivity contribution in [2.24, 2.45) is 7.05 Å². The van der Waals surface area contributed by atoms with E-state index in [0.29, 0.717) is 17.1 Å². The standard InChI is InChI=1S/C13H19N5OS2/c1-15-12(19)10-9(14)11(20-4)13(21-10)18(3)7-8-16-5-6-17(8)2/h5-6H,7,14H2,1-4H3,(H,15,19). The molecule has 2 rings (SSSR count). The summed E-state index contributed by atoms with van der Waals surface area (Å²) in [5.41, 5.74) is 6.66. The molecule has 0 radical (unpaired) electrons. The van der Waals surface area contributed by atoms with E-state index in [1.165, 1.54) is 11.3 Å². The van der Waals surface area contributed by atoms with E-state index in [-0.39, 0.29) is 5.91 Å². The number of aromatic nitrogens is 2. The van der Waals surface area contributed by atoms with Crippen molar-refractivity contribution in [1.82, 2.24) is 14.9 Å². The van der Waals surface area contributed by atoms with Crippen LogP contribution in [-0.2, 0) is 13.6 Å². The van der Waals surface area contributed by atoms with Gasteiger partial charge >= 0.3 is 0 Å². The van der Waals surface area contributed by atoms with Crippen LogP contribution in [0.15, 0.2) is 17.3 Å². The predicted molar refractivity (Wildman–Crippen MR) is 89.2 cm³/mol. The van der Waals surface area contributed by atoms with Gasteiger partial charge in [-0.25, -0.2) is 4.98 Å². The van der Waals surface area contributed by atoms with Gasteiger partial charge in [-0.1, -0.05) is 0 Å². The predicted octanol–water partition coefficient (Wildman–Crippen LogP) is 1.78. The molecule has 0 atom stereocenters. The molecule has 0 saturated heterocycles. The van der Waals surface area contributed by atoms with Crippen molar-refractivity contribution in [3.63, 3.8) is 0 Å². The Morgan fingerprint density at radius 1 is 1.62 bits per heavy atom. The van der Waals surface area contributed by atoms with Gasteiger partial charge in [0.05, 0.1) is 17.1 Å². The van der Waals surface area contributed by atoms with E-state index in [4.69, 9.17) is 5.73 Å². The second-order valence-electron chi connectivity index (χ2n) is 4.57. The first-order valence-electron chi connectivity index (χ1n) is 6.35. The van der Waals surface area contributed by atoms with Crippen LogP contribution < -0.4 is 16.0 Å². The summed E-state index contributed by atoms with van der Waals surface area (Å²) in [6.07, 6.45) is 5.65. The molecule has 8 heteroatoms. The van der Waals surface area contributed by atoms with Crippen molar-refractivity contribution in [2.45, 2.75) is 11.4 Å². The van der Waals surface area contributed by atoms with Crippen LogP contribution in [0.5, 0.6) is 0 Å². The minimum atomic E-state index is -0.149. The van der Waals surface area contributed by atoms with E-state index in [2.05, 4.69) is 15.2 Å². The highest BCUT2D eigenvalue weighted by atomic mass is 32.2. The van der Waals surface area contributed by atoms with Crippen LogP contribution in [-0.4, -0.2) is 35.8 Å². The SMILES string of the molecule is CNC(=O)c1sc(N(C)Cc2nccn2C)c(SC)c1N. The lowest BCUT2D eigenvalue weighted by molar-refractivity contribution is 0.0968. The van der Waals surface area contributed by atoms with Crippen LogP contribution in [0.1, 0.15) is 15.5 Å². The lowest BCUT2D eigenvalue weighted by atomic mass is 10.3. The number of amides is 1. The first kappa shape index (κ1) is 15.7. The summed E-state index contributed by atoms with van der Waals surface area (Å²) in [7, 11) is 5.55. The summed E-state index contributed by atoms with van der Waals surface area (Å²) in [6, 6.07) is 0. The zero-order valence-electron chi connectivity index (χ0n) is 12.5. The number of hydrogen-bond acceptors (Lipinski definition) is 6. The highest BCUT2D eigenvalue weighted by Crippen LogP contribution is 2.43. The number of aryl methyl sites for hydroxylation is 1. The number of nitrogens with one attached hydrogen (secondary N) is 1. The molecule has 0 unspecified atom stereocenters. The lowest BCUT2D eigenvalue weighted by Gasteiger charge is -2.18. The zero-order chi connectivity index (χ0) is 15.6. The van der Waals surface area contributed by atoms with Crippen molar-refractivity contribution in [3.8, 4) is 0 Å². The van der Waals surface area contributed by atoms with Crippen LogP contribution in [0.3, 0.4) is 0 Å². The topological polar surface area (TPSA) is 76.2 Å². The fourth-order valence-electron chi connectivity index (χ4n) is 1.98. The van der Waals surface area contributed by atoms with Gasteiger partial charge in [-0.3, -0.25) is 4.79 Å². The van der Waals surface area contributed by atoms with Gasteiger partial charge in [0.2, 0.25) is 0 Å². The van der Waals surface area contributed by atoms with E-state index < -0.39 is 0 Å². The van der Waals surface area contributed by atoms with Gasteiger partial charge in [-0.15, -0.1) is 23.1 Å². The molecule has 0 saturated carbocycles. The van der Waals surface area contributed by atoms with E-state index in [9.17, 15) is 4.79 Å². The summed E-state index contributed by atoms with van der Waals surface area (Å²) in [5, 5.41) is 3.62. The molecule has 2 heterocycles. The van der Waals surface area contributed by atoms with Crippen LogP contribution >= 0.6 is 23.1 Å². The Labute approximate surface area is 132 Å². The van der Waals surface area contributed by atoms with Crippen molar-refractivity contribution in [3.05, 3.63) is 23.1 Å². The van der Waals surface area contributed by atoms with Crippen LogP contribution in [0.25, 0.3) is 0 Å². The molecule has 114 valence electrons. The Morgan fingerprint density at radius 3 is 2.86 bits per heavy atom. The monoisotopic (exact) mass is 325 g/mol. The number of nitrogens with zero attached hydrogens (tertiary/aromatic N) is 3. The molecule has 0 fully saturated rings. The third-order valence-corrected chi connectivity index (χ3v) is 5.44. The first-order chi connectivity index (χ1) is 9.99. The molecule has 0 aliphatic carbocycles. The Balaban J connectivity index is 2.34. The van der Waals surface area contributed by atoms with Crippen LogP contribution in [0.4, 0.5) is 10.7 Å². The average molecular weight is 325 g/mol. The molecule has 0 aliphatic rings. The van der Waals surface area contributed by atoms with Gasteiger partial charge in [0.1, 0.15) is 15.7 Å². The zero-order valence-corrected chi connectivity index (χ0v) is 14.1. The largest absolute Gasteiger partial charge is 0.396 e. The Kier molecular flexibility index (Phi) is 4.79. The smallest absolute Gasteiger partial charge is 0.263 e. The molecular formula is C13H19N5OS2. The van der Waals surface area contributed by atoms with E-state index in [1.807, 2.05) is 31.1 Å². The number of thiophene rings is 1. The summed E-state index contributed by atoms with van der Waals surface area (Å²) in [4.78, 5) is 19.8. The number of rotatable bonds is 5. The molecule has 0 spiro atoms. The quantitative estimate of drug-likeness (QED) is 0.820. The number of anilines is 2. The van der Waals surface area contributed by atoms with Gasteiger partial charge in [-0.05, 0) is 6.26 Å². The lowest BCUT2D eigenvalue weighted by Crippen LogP contribution is -2.18. The highest BCUT2D eigenvalue weighted by molar-refractivity contribution is 7.99. The Hall–Kier alpha value is -1.67. The molecule has 0 aromatic carbocycles. The second kappa shape index (κ2) is 6.40. The van der Waals surface area contributed by atoms with Gasteiger partial charge in [0.15, 0.2) is 0 Å². The van der Waals surface area contributed by atoms with Gasteiger partial charge in [0, 0.05) is 33.5 Å². The number of nitrogens with two attached hydrogens (primary N) is 1. The van der Waals surface area contributed by atoms with Gasteiger partial charge < -0.3 is 20.5 Å². The highest BCUT2D eigenvalue weighted by Gasteiger charge is 2.22. The van der Waals surface area contributed by atoms with Crippen molar-refractivity contribution in [2.75, 3.05) is 31.0 Å². The maximum atomic E-state index is 11.9. The second-order valence-corrected chi connectivity index (χ2v) is 6.39. The number of nitrogen functional groups attached to an aromatic ring is 1. The minimum absolute atomic E-state index is 0.149. The van der Waals surface area contributed by atoms with Crippen LogP contribution in [0, 0.1) is 0 Å². The third-order valence-electron chi connectivity index (χ3n) is 3.17. The van der Waals surface area contributed by atoms with Crippen LogP contribution in [0.2, 0.25) is 0 Å². The van der Waals surface area contributed by atoms with Crippen molar-refractivity contribution < 1.29 is 4.79 Å². The number of imidazole rings is 1. The number of carbonyl (C=O) groups is 1. The van der Waals surface area contributed by atoms with Crippen molar-refractivity contribution >= 4 is 39.7 Å². The number of hydrogen-bond donors (Lipinski definition) is 2. The summed E-state index contributed by atoms with van der Waals surface area (Å²) in [6.45, 7) is 0.657. The summed E-state index contributed by atoms with van der Waals surface area (Å²) < 4.78 is 1.98. The molecule has 0 aliphatic heterocycles. The molecule has 6 nitrogen and oxygen atoms in total. The minimum Gasteiger partial charge on any atom is -0.396 e. The third kappa shape index (κ3) is 3.01. The molecule has 21 heavy (non-hydrogen) atoms.